The smallest absolute Gasteiger partial charge is 0.233 e. The summed E-state index contributed by atoms with van der Waals surface area (Å²) in [4.78, 5) is 16.2. The van der Waals surface area contributed by atoms with Crippen LogP contribution in [0.3, 0.4) is 0 Å². The quantitative estimate of drug-likeness (QED) is 0.470. The Morgan fingerprint density at radius 3 is 2.62 bits per heavy atom. The second-order valence-corrected chi connectivity index (χ2v) is 9.94. The maximum atomic E-state index is 4.74. The SMILES string of the molecule is C=C(C)NCc1ccc(C)c(Nc2nc(N[C@@H]3CCNC3)nc(N(C)CC(C)(C)C)n2)c1. The molecule has 1 atom stereocenters. The van der Waals surface area contributed by atoms with E-state index < -0.39 is 0 Å². The molecule has 32 heavy (non-hydrogen) atoms. The summed E-state index contributed by atoms with van der Waals surface area (Å²) in [5.74, 6) is 1.80. The average molecular weight is 439 g/mol. The molecule has 1 aromatic carbocycles. The highest BCUT2D eigenvalue weighted by atomic mass is 15.3. The largest absolute Gasteiger partial charge is 0.385 e. The molecule has 0 unspecified atom stereocenters. The zero-order chi connectivity index (χ0) is 23.3. The van der Waals surface area contributed by atoms with Crippen molar-refractivity contribution in [2.75, 3.05) is 42.2 Å². The van der Waals surface area contributed by atoms with Crippen molar-refractivity contribution < 1.29 is 0 Å². The second kappa shape index (κ2) is 10.2. The van der Waals surface area contributed by atoms with Crippen LogP contribution in [-0.2, 0) is 6.54 Å². The molecule has 174 valence electrons. The van der Waals surface area contributed by atoms with Gasteiger partial charge in [0.15, 0.2) is 0 Å². The monoisotopic (exact) mass is 438 g/mol. The van der Waals surface area contributed by atoms with Crippen molar-refractivity contribution in [2.24, 2.45) is 5.41 Å². The predicted molar refractivity (Wildman–Crippen MR) is 134 cm³/mol. The molecule has 0 spiro atoms. The summed E-state index contributed by atoms with van der Waals surface area (Å²) in [7, 11) is 2.03. The normalized spacial score (nSPS) is 16.0. The van der Waals surface area contributed by atoms with Crippen LogP contribution in [0.2, 0.25) is 0 Å². The molecule has 2 heterocycles. The van der Waals surface area contributed by atoms with Crippen molar-refractivity contribution in [1.29, 1.82) is 0 Å². The van der Waals surface area contributed by atoms with Gasteiger partial charge in [-0.1, -0.05) is 39.5 Å². The maximum Gasteiger partial charge on any atom is 0.233 e. The number of hydrogen-bond donors (Lipinski definition) is 4. The molecule has 1 aliphatic rings. The van der Waals surface area contributed by atoms with E-state index in [1.165, 1.54) is 0 Å². The third-order valence-electron chi connectivity index (χ3n) is 5.21. The van der Waals surface area contributed by atoms with Gasteiger partial charge in [-0.25, -0.2) is 0 Å². The van der Waals surface area contributed by atoms with E-state index in [1.54, 1.807) is 0 Å². The standard InChI is InChI=1S/C24H38N8/c1-16(2)26-13-18-9-8-17(3)20(12-18)28-22-29-21(27-19-10-11-25-14-19)30-23(31-22)32(7)15-24(4,5)6/h8-9,12,19,25-26H,1,10-11,13-15H2,2-7H3,(H2,27,28,29,30,31)/t19-/m1/s1. The first-order valence-electron chi connectivity index (χ1n) is 11.3. The summed E-state index contributed by atoms with van der Waals surface area (Å²) in [6, 6.07) is 6.67. The van der Waals surface area contributed by atoms with E-state index in [0.717, 1.165) is 55.1 Å². The molecule has 0 amide bonds. The number of nitrogens with zero attached hydrogens (tertiary/aromatic N) is 4. The summed E-state index contributed by atoms with van der Waals surface area (Å²) in [6.45, 7) is 18.1. The fraction of sp³-hybridized carbons (Fsp3) is 0.542. The molecule has 8 nitrogen and oxygen atoms in total. The first kappa shape index (κ1) is 23.8. The van der Waals surface area contributed by atoms with Crippen molar-refractivity contribution in [2.45, 2.75) is 53.6 Å². The Hall–Kier alpha value is -2.87. The Bertz CT molecular complexity index is 928. The number of benzene rings is 1. The molecule has 2 aromatic rings. The highest BCUT2D eigenvalue weighted by Gasteiger charge is 2.20. The van der Waals surface area contributed by atoms with E-state index in [9.17, 15) is 0 Å². The number of anilines is 4. The number of rotatable bonds is 9. The van der Waals surface area contributed by atoms with Gasteiger partial charge in [0.05, 0.1) is 0 Å². The minimum Gasteiger partial charge on any atom is -0.385 e. The number of allylic oxidation sites excluding steroid dienone is 1. The predicted octanol–water partition coefficient (Wildman–Crippen LogP) is 3.80. The fourth-order valence-corrected chi connectivity index (χ4v) is 3.69. The van der Waals surface area contributed by atoms with Gasteiger partial charge in [-0.3, -0.25) is 0 Å². The zero-order valence-electron chi connectivity index (χ0n) is 20.3. The number of nitrogens with one attached hydrogen (secondary N) is 4. The Morgan fingerprint density at radius 1 is 1.22 bits per heavy atom. The lowest BCUT2D eigenvalue weighted by molar-refractivity contribution is 0.416. The fourth-order valence-electron chi connectivity index (χ4n) is 3.69. The van der Waals surface area contributed by atoms with Gasteiger partial charge in [0, 0.05) is 44.1 Å². The van der Waals surface area contributed by atoms with E-state index >= 15 is 0 Å². The first-order chi connectivity index (χ1) is 15.1. The van der Waals surface area contributed by atoms with Crippen LogP contribution in [-0.4, -0.2) is 47.7 Å². The molecule has 0 aliphatic carbocycles. The van der Waals surface area contributed by atoms with Crippen LogP contribution in [0.1, 0.15) is 45.2 Å². The van der Waals surface area contributed by atoms with Crippen molar-refractivity contribution in [1.82, 2.24) is 25.6 Å². The lowest BCUT2D eigenvalue weighted by Gasteiger charge is -2.27. The van der Waals surface area contributed by atoms with E-state index in [1.807, 2.05) is 14.0 Å². The van der Waals surface area contributed by atoms with Crippen LogP contribution in [0.25, 0.3) is 0 Å². The zero-order valence-corrected chi connectivity index (χ0v) is 20.3. The van der Waals surface area contributed by atoms with Crippen LogP contribution >= 0.6 is 0 Å². The lowest BCUT2D eigenvalue weighted by Crippen LogP contribution is -2.31. The topological polar surface area (TPSA) is 90.0 Å². The summed E-state index contributed by atoms with van der Waals surface area (Å²) >= 11 is 0. The van der Waals surface area contributed by atoms with E-state index in [4.69, 9.17) is 9.97 Å². The molecule has 0 bridgehead atoms. The van der Waals surface area contributed by atoms with Gasteiger partial charge in [0.1, 0.15) is 0 Å². The van der Waals surface area contributed by atoms with Crippen molar-refractivity contribution in [3.05, 3.63) is 41.6 Å². The molecule has 1 aromatic heterocycles. The van der Waals surface area contributed by atoms with Crippen LogP contribution < -0.4 is 26.2 Å². The second-order valence-electron chi connectivity index (χ2n) is 9.94. The van der Waals surface area contributed by atoms with Gasteiger partial charge in [0.2, 0.25) is 17.8 Å². The molecule has 3 rings (SSSR count). The number of aromatic nitrogens is 3. The van der Waals surface area contributed by atoms with Gasteiger partial charge < -0.3 is 26.2 Å². The maximum absolute atomic E-state index is 4.74. The number of hydrogen-bond acceptors (Lipinski definition) is 8. The van der Waals surface area contributed by atoms with Gasteiger partial charge in [0.25, 0.3) is 0 Å². The molecule has 8 heteroatoms. The van der Waals surface area contributed by atoms with Crippen LogP contribution in [0.5, 0.6) is 0 Å². The van der Waals surface area contributed by atoms with Gasteiger partial charge in [-0.15, -0.1) is 0 Å². The lowest BCUT2D eigenvalue weighted by atomic mass is 9.96. The third kappa shape index (κ3) is 7.09. The van der Waals surface area contributed by atoms with Gasteiger partial charge in [-0.2, -0.15) is 15.0 Å². The van der Waals surface area contributed by atoms with Crippen molar-refractivity contribution in [3.8, 4) is 0 Å². The molecule has 4 N–H and O–H groups in total. The van der Waals surface area contributed by atoms with Gasteiger partial charge in [-0.05, 0) is 49.4 Å². The Labute approximate surface area is 192 Å². The molecule has 1 aliphatic heterocycles. The van der Waals surface area contributed by atoms with E-state index in [2.05, 4.69) is 83.6 Å². The third-order valence-corrected chi connectivity index (χ3v) is 5.21. The molecular formula is C24H38N8. The minimum atomic E-state index is 0.124. The van der Waals surface area contributed by atoms with Crippen LogP contribution in [0, 0.1) is 12.3 Å². The summed E-state index contributed by atoms with van der Waals surface area (Å²) in [6.07, 6.45) is 1.05. The number of aryl methyl sites for hydroxylation is 1. The van der Waals surface area contributed by atoms with Crippen LogP contribution in [0.15, 0.2) is 30.5 Å². The van der Waals surface area contributed by atoms with E-state index in [-0.39, 0.29) is 5.41 Å². The Morgan fingerprint density at radius 2 is 1.97 bits per heavy atom. The molecule has 0 saturated carbocycles. The van der Waals surface area contributed by atoms with E-state index in [0.29, 0.717) is 23.9 Å². The molecular weight excluding hydrogens is 400 g/mol. The summed E-state index contributed by atoms with van der Waals surface area (Å²) < 4.78 is 0. The molecule has 1 saturated heterocycles. The average Bonchev–Trinajstić information content (AvgIpc) is 3.20. The highest BCUT2D eigenvalue weighted by Crippen LogP contribution is 2.24. The minimum absolute atomic E-state index is 0.124. The van der Waals surface area contributed by atoms with Gasteiger partial charge >= 0.3 is 0 Å². The summed E-state index contributed by atoms with van der Waals surface area (Å²) in [5.41, 5.74) is 4.34. The van der Waals surface area contributed by atoms with Crippen LogP contribution in [0.4, 0.5) is 23.5 Å². The molecule has 0 radical (unpaired) electrons. The first-order valence-corrected chi connectivity index (χ1v) is 11.3. The highest BCUT2D eigenvalue weighted by molar-refractivity contribution is 5.61. The molecule has 1 fully saturated rings. The Kier molecular flexibility index (Phi) is 7.56. The van der Waals surface area contributed by atoms with Crippen molar-refractivity contribution >= 4 is 23.5 Å². The summed E-state index contributed by atoms with van der Waals surface area (Å²) in [5, 5.41) is 13.6. The van der Waals surface area contributed by atoms with Crippen molar-refractivity contribution in [3.63, 3.8) is 0 Å². The Balaban J connectivity index is 1.87.